The standard InChI is InChI=1S/C18H26O3S/c1-17(2,3)14-11-13(9-10-22(8,19)20)12-15(16(14)21-7)18(4,5)6/h11-12H,1-8H3. The molecule has 0 N–H and O–H groups in total. The summed E-state index contributed by atoms with van der Waals surface area (Å²) in [5.74, 6) is 3.62. The largest absolute Gasteiger partial charge is 0.496 e. The number of methoxy groups -OCH3 is 1. The summed E-state index contributed by atoms with van der Waals surface area (Å²) in [6.45, 7) is 12.6. The Kier molecular flexibility index (Phi) is 5.04. The van der Waals surface area contributed by atoms with Crippen molar-refractivity contribution in [3.05, 3.63) is 28.8 Å². The molecule has 1 aromatic rings. The molecule has 0 fully saturated rings. The lowest BCUT2D eigenvalue weighted by atomic mass is 9.78. The summed E-state index contributed by atoms with van der Waals surface area (Å²) in [5, 5.41) is 2.31. The van der Waals surface area contributed by atoms with Crippen molar-refractivity contribution in [3.63, 3.8) is 0 Å². The number of sulfone groups is 1. The molecule has 1 rings (SSSR count). The van der Waals surface area contributed by atoms with E-state index in [-0.39, 0.29) is 10.8 Å². The molecule has 0 aromatic heterocycles. The molecule has 0 saturated heterocycles. The molecule has 4 heteroatoms. The summed E-state index contributed by atoms with van der Waals surface area (Å²) in [6, 6.07) is 3.85. The van der Waals surface area contributed by atoms with Crippen molar-refractivity contribution in [2.75, 3.05) is 13.4 Å². The predicted molar refractivity (Wildman–Crippen MR) is 92.1 cm³/mol. The molecule has 0 radical (unpaired) electrons. The zero-order chi connectivity index (χ0) is 17.3. The zero-order valence-corrected chi connectivity index (χ0v) is 15.6. The fourth-order valence-corrected chi connectivity index (χ4v) is 2.49. The minimum atomic E-state index is -3.33. The van der Waals surface area contributed by atoms with Crippen LogP contribution >= 0.6 is 0 Å². The Morgan fingerprint density at radius 3 is 1.64 bits per heavy atom. The Hall–Kier alpha value is -1.47. The summed E-state index contributed by atoms with van der Waals surface area (Å²) >= 11 is 0. The van der Waals surface area contributed by atoms with Crippen molar-refractivity contribution in [3.8, 4) is 16.9 Å². The van der Waals surface area contributed by atoms with Gasteiger partial charge < -0.3 is 4.74 Å². The van der Waals surface area contributed by atoms with Gasteiger partial charge in [0.2, 0.25) is 9.84 Å². The van der Waals surface area contributed by atoms with Crippen molar-refractivity contribution in [1.29, 1.82) is 0 Å². The van der Waals surface area contributed by atoms with E-state index < -0.39 is 9.84 Å². The molecule has 0 saturated carbocycles. The van der Waals surface area contributed by atoms with Crippen LogP contribution in [0.15, 0.2) is 12.1 Å². The van der Waals surface area contributed by atoms with Crippen LogP contribution in [0.1, 0.15) is 58.2 Å². The number of rotatable bonds is 1. The molecule has 3 nitrogen and oxygen atoms in total. The van der Waals surface area contributed by atoms with Gasteiger partial charge in [-0.2, -0.15) is 0 Å². The summed E-state index contributed by atoms with van der Waals surface area (Å²) < 4.78 is 28.2. The quantitative estimate of drug-likeness (QED) is 0.741. The lowest BCUT2D eigenvalue weighted by Gasteiger charge is -2.29. The smallest absolute Gasteiger partial charge is 0.214 e. The second kappa shape index (κ2) is 5.96. The van der Waals surface area contributed by atoms with Crippen LogP contribution in [-0.4, -0.2) is 21.8 Å². The van der Waals surface area contributed by atoms with Crippen LogP contribution in [0.4, 0.5) is 0 Å². The van der Waals surface area contributed by atoms with Gasteiger partial charge in [0.05, 0.1) is 13.4 Å². The van der Waals surface area contributed by atoms with E-state index in [0.717, 1.165) is 23.1 Å². The first kappa shape index (κ1) is 18.6. The predicted octanol–water partition coefficient (Wildman–Crippen LogP) is 3.64. The van der Waals surface area contributed by atoms with E-state index in [4.69, 9.17) is 4.74 Å². The van der Waals surface area contributed by atoms with Crippen LogP contribution in [0.25, 0.3) is 0 Å². The lowest BCUT2D eigenvalue weighted by Crippen LogP contribution is -2.19. The van der Waals surface area contributed by atoms with Crippen LogP contribution in [0.2, 0.25) is 0 Å². The van der Waals surface area contributed by atoms with Gasteiger partial charge in [-0.3, -0.25) is 0 Å². The maximum absolute atomic E-state index is 11.3. The Morgan fingerprint density at radius 2 is 1.36 bits per heavy atom. The zero-order valence-electron chi connectivity index (χ0n) is 14.8. The van der Waals surface area contributed by atoms with E-state index >= 15 is 0 Å². The summed E-state index contributed by atoms with van der Waals surface area (Å²) in [6.07, 6.45) is 1.11. The van der Waals surface area contributed by atoms with Crippen LogP contribution in [-0.2, 0) is 20.7 Å². The fraction of sp³-hybridized carbons (Fsp3) is 0.556. The Bertz CT molecular complexity index is 683. The lowest BCUT2D eigenvalue weighted by molar-refractivity contribution is 0.381. The van der Waals surface area contributed by atoms with Gasteiger partial charge in [0.1, 0.15) is 5.75 Å². The number of benzene rings is 1. The monoisotopic (exact) mass is 322 g/mol. The second-order valence-corrected chi connectivity index (χ2v) is 9.35. The molecule has 22 heavy (non-hydrogen) atoms. The third-order valence-corrected chi connectivity index (χ3v) is 3.76. The molecule has 0 atom stereocenters. The number of hydrogen-bond donors (Lipinski definition) is 0. The van der Waals surface area contributed by atoms with E-state index in [1.807, 2.05) is 12.1 Å². The molecule has 0 aliphatic carbocycles. The maximum atomic E-state index is 11.3. The van der Waals surface area contributed by atoms with E-state index in [1.54, 1.807) is 7.11 Å². The van der Waals surface area contributed by atoms with Gasteiger partial charge in [-0.1, -0.05) is 47.5 Å². The van der Waals surface area contributed by atoms with Crippen molar-refractivity contribution in [2.45, 2.75) is 52.4 Å². The Balaban J connectivity index is 3.74. The normalized spacial score (nSPS) is 12.5. The van der Waals surface area contributed by atoms with Crippen LogP contribution < -0.4 is 4.74 Å². The molecule has 122 valence electrons. The van der Waals surface area contributed by atoms with Gasteiger partial charge in [-0.15, -0.1) is 0 Å². The van der Waals surface area contributed by atoms with Gasteiger partial charge >= 0.3 is 0 Å². The highest BCUT2D eigenvalue weighted by molar-refractivity contribution is 7.95. The van der Waals surface area contributed by atoms with E-state index in [1.165, 1.54) is 0 Å². The minimum Gasteiger partial charge on any atom is -0.496 e. The number of ether oxygens (including phenoxy) is 1. The molecular weight excluding hydrogens is 296 g/mol. The Labute approximate surface area is 135 Å². The third kappa shape index (κ3) is 4.78. The van der Waals surface area contributed by atoms with Crippen molar-refractivity contribution >= 4 is 9.84 Å². The van der Waals surface area contributed by atoms with Gasteiger partial charge in [0.25, 0.3) is 0 Å². The molecular formula is C18H26O3S. The van der Waals surface area contributed by atoms with Crippen molar-refractivity contribution < 1.29 is 13.2 Å². The highest BCUT2D eigenvalue weighted by Crippen LogP contribution is 2.40. The average molecular weight is 322 g/mol. The number of hydrogen-bond acceptors (Lipinski definition) is 3. The van der Waals surface area contributed by atoms with E-state index in [0.29, 0.717) is 5.56 Å². The highest BCUT2D eigenvalue weighted by atomic mass is 32.2. The van der Waals surface area contributed by atoms with Gasteiger partial charge in [-0.05, 0) is 23.0 Å². The first-order valence-corrected chi connectivity index (χ1v) is 9.10. The van der Waals surface area contributed by atoms with Crippen molar-refractivity contribution in [2.24, 2.45) is 0 Å². The first-order valence-electron chi connectivity index (χ1n) is 7.21. The molecule has 0 aliphatic heterocycles. The molecule has 1 aromatic carbocycles. The topological polar surface area (TPSA) is 43.4 Å². The van der Waals surface area contributed by atoms with Crippen LogP contribution in [0.3, 0.4) is 0 Å². The van der Waals surface area contributed by atoms with Gasteiger partial charge in [0.15, 0.2) is 0 Å². The minimum absolute atomic E-state index is 0.131. The molecule has 0 unspecified atom stereocenters. The van der Waals surface area contributed by atoms with Gasteiger partial charge in [-0.25, -0.2) is 8.42 Å². The third-order valence-electron chi connectivity index (χ3n) is 3.29. The SMILES string of the molecule is COc1c(C(C)(C)C)cc(C#CS(C)(=O)=O)cc1C(C)(C)C. The summed E-state index contributed by atoms with van der Waals surface area (Å²) in [7, 11) is -1.66. The van der Waals surface area contributed by atoms with E-state index in [2.05, 4.69) is 52.7 Å². The molecule has 0 heterocycles. The summed E-state index contributed by atoms with van der Waals surface area (Å²) in [4.78, 5) is 0. The maximum Gasteiger partial charge on any atom is 0.214 e. The average Bonchev–Trinajstić information content (AvgIpc) is 2.32. The summed E-state index contributed by atoms with van der Waals surface area (Å²) in [5.41, 5.74) is 2.49. The Morgan fingerprint density at radius 1 is 0.955 bits per heavy atom. The van der Waals surface area contributed by atoms with E-state index in [9.17, 15) is 8.42 Å². The first-order chi connectivity index (χ1) is 9.75. The molecule has 0 aliphatic rings. The van der Waals surface area contributed by atoms with Crippen LogP contribution in [0.5, 0.6) is 5.75 Å². The molecule has 0 amide bonds. The second-order valence-electron chi connectivity index (χ2n) is 7.60. The molecule has 0 bridgehead atoms. The van der Waals surface area contributed by atoms with Crippen LogP contribution in [0, 0.1) is 11.2 Å². The van der Waals surface area contributed by atoms with Crippen molar-refractivity contribution in [1.82, 2.24) is 0 Å². The molecule has 0 spiro atoms. The fourth-order valence-electron chi connectivity index (χ4n) is 2.19. The highest BCUT2D eigenvalue weighted by Gasteiger charge is 2.27. The van der Waals surface area contributed by atoms with Gasteiger partial charge in [0, 0.05) is 21.9 Å².